The first-order valence-electron chi connectivity index (χ1n) is 9.14. The fourth-order valence-corrected chi connectivity index (χ4v) is 5.13. The summed E-state index contributed by atoms with van der Waals surface area (Å²) in [4.78, 5) is -0.473. The molecule has 2 rings (SSSR count). The highest BCUT2D eigenvalue weighted by molar-refractivity contribution is 7.87. The zero-order valence-corrected chi connectivity index (χ0v) is 18.7. The topological polar surface area (TPSA) is 179 Å². The molecule has 0 saturated carbocycles. The van der Waals surface area contributed by atoms with Crippen LogP contribution in [0.4, 0.5) is 0 Å². The molecule has 0 aromatic heterocycles. The van der Waals surface area contributed by atoms with E-state index < -0.39 is 38.9 Å². The lowest BCUT2D eigenvalue weighted by Gasteiger charge is -2.29. The predicted molar refractivity (Wildman–Crippen MR) is 113 cm³/mol. The van der Waals surface area contributed by atoms with Crippen LogP contribution in [0.3, 0.4) is 0 Å². The summed E-state index contributed by atoms with van der Waals surface area (Å²) >= 11 is 0. The third kappa shape index (κ3) is 5.93. The van der Waals surface area contributed by atoms with E-state index in [1.54, 1.807) is 0 Å². The molecular weight excluding hydrogens is 448 g/mol. The molecule has 0 atom stereocenters. The Kier molecular flexibility index (Phi) is 7.68. The van der Waals surface area contributed by atoms with Crippen molar-refractivity contribution in [2.75, 3.05) is 26.3 Å². The van der Waals surface area contributed by atoms with E-state index in [-0.39, 0.29) is 34.4 Å². The standard InChI is InChI=1S/C19H26N2O8S2/c1-13-3-5-15(22)7-17(13)30(24,25)28-11-19(9-20,10-21)12-29-31(26,27)18-8-16(23)6-4-14(18)2/h3-8,22-23H,9-12,20-21H2,1-2H3. The van der Waals surface area contributed by atoms with Gasteiger partial charge in [-0.15, -0.1) is 0 Å². The summed E-state index contributed by atoms with van der Waals surface area (Å²) in [5.41, 5.74) is 10.9. The van der Waals surface area contributed by atoms with Crippen LogP contribution in [-0.2, 0) is 28.6 Å². The molecule has 0 spiro atoms. The summed E-state index contributed by atoms with van der Waals surface area (Å²) in [6, 6.07) is 7.59. The number of aryl methyl sites for hydroxylation is 2. The molecule has 6 N–H and O–H groups in total. The zero-order valence-electron chi connectivity index (χ0n) is 17.1. The van der Waals surface area contributed by atoms with Crippen molar-refractivity contribution < 1.29 is 35.4 Å². The summed E-state index contributed by atoms with van der Waals surface area (Å²) in [6.07, 6.45) is 0. The van der Waals surface area contributed by atoms with Gasteiger partial charge in [0.15, 0.2) is 0 Å². The van der Waals surface area contributed by atoms with Crippen LogP contribution in [0.25, 0.3) is 0 Å². The second-order valence-corrected chi connectivity index (χ2v) is 10.4. The van der Waals surface area contributed by atoms with Crippen LogP contribution in [0.5, 0.6) is 11.5 Å². The smallest absolute Gasteiger partial charge is 0.297 e. The minimum absolute atomic E-state index is 0.230. The van der Waals surface area contributed by atoms with Crippen LogP contribution >= 0.6 is 0 Å². The molecule has 10 nitrogen and oxygen atoms in total. The van der Waals surface area contributed by atoms with E-state index in [0.29, 0.717) is 11.1 Å². The fraction of sp³-hybridized carbons (Fsp3) is 0.368. The van der Waals surface area contributed by atoms with Crippen molar-refractivity contribution in [1.29, 1.82) is 0 Å². The van der Waals surface area contributed by atoms with Crippen LogP contribution in [0, 0.1) is 19.3 Å². The number of rotatable bonds is 10. The molecule has 12 heteroatoms. The second-order valence-electron chi connectivity index (χ2n) is 7.24. The summed E-state index contributed by atoms with van der Waals surface area (Å²) in [7, 11) is -8.59. The van der Waals surface area contributed by atoms with Crippen LogP contribution in [0.15, 0.2) is 46.2 Å². The van der Waals surface area contributed by atoms with Gasteiger partial charge in [0.1, 0.15) is 21.3 Å². The maximum absolute atomic E-state index is 12.6. The van der Waals surface area contributed by atoms with Crippen LogP contribution in [0.2, 0.25) is 0 Å². The van der Waals surface area contributed by atoms with Crippen molar-refractivity contribution in [2.45, 2.75) is 23.6 Å². The van der Waals surface area contributed by atoms with E-state index in [1.165, 1.54) is 38.1 Å². The molecule has 0 radical (unpaired) electrons. The molecule has 2 aromatic carbocycles. The van der Waals surface area contributed by atoms with E-state index in [2.05, 4.69) is 0 Å². The number of benzene rings is 2. The first kappa shape index (κ1) is 25.0. The van der Waals surface area contributed by atoms with Gasteiger partial charge >= 0.3 is 0 Å². The highest BCUT2D eigenvalue weighted by atomic mass is 32.2. The van der Waals surface area contributed by atoms with Gasteiger partial charge in [-0.1, -0.05) is 12.1 Å². The van der Waals surface area contributed by atoms with E-state index in [1.807, 2.05) is 0 Å². The van der Waals surface area contributed by atoms with E-state index in [0.717, 1.165) is 12.1 Å². The number of hydrogen-bond acceptors (Lipinski definition) is 10. The Morgan fingerprint density at radius 2 is 1.13 bits per heavy atom. The van der Waals surface area contributed by atoms with Crippen molar-refractivity contribution in [1.82, 2.24) is 0 Å². The van der Waals surface area contributed by atoms with Gasteiger partial charge in [0.25, 0.3) is 20.2 Å². The monoisotopic (exact) mass is 474 g/mol. The van der Waals surface area contributed by atoms with E-state index >= 15 is 0 Å². The van der Waals surface area contributed by atoms with E-state index in [9.17, 15) is 27.0 Å². The summed E-state index contributed by atoms with van der Waals surface area (Å²) < 4.78 is 60.5. The number of nitrogens with two attached hydrogens (primary N) is 2. The molecule has 0 bridgehead atoms. The van der Waals surface area contributed by atoms with Crippen molar-refractivity contribution in [2.24, 2.45) is 16.9 Å². The molecule has 0 heterocycles. The Morgan fingerprint density at radius 1 is 0.774 bits per heavy atom. The van der Waals surface area contributed by atoms with Gasteiger partial charge in [-0.2, -0.15) is 16.8 Å². The van der Waals surface area contributed by atoms with Gasteiger partial charge in [-0.3, -0.25) is 8.37 Å². The number of aromatic hydroxyl groups is 2. The SMILES string of the molecule is Cc1ccc(O)cc1S(=O)(=O)OCC(CN)(CN)COS(=O)(=O)c1cc(O)ccc1C. The van der Waals surface area contributed by atoms with Crippen molar-refractivity contribution in [3.8, 4) is 11.5 Å². The van der Waals surface area contributed by atoms with Gasteiger partial charge in [0, 0.05) is 30.6 Å². The number of phenolic OH excluding ortho intramolecular Hbond substituents is 2. The maximum Gasteiger partial charge on any atom is 0.297 e. The van der Waals surface area contributed by atoms with Gasteiger partial charge in [0.05, 0.1) is 13.2 Å². The highest BCUT2D eigenvalue weighted by Gasteiger charge is 2.34. The number of phenols is 2. The largest absolute Gasteiger partial charge is 0.508 e. The van der Waals surface area contributed by atoms with Crippen LogP contribution < -0.4 is 11.5 Å². The Balaban J connectivity index is 2.22. The third-order valence-electron chi connectivity index (χ3n) is 4.79. The summed E-state index contributed by atoms with van der Waals surface area (Å²) in [5.74, 6) is -0.514. The predicted octanol–water partition coefficient (Wildman–Crippen LogP) is 0.729. The molecule has 0 aliphatic carbocycles. The van der Waals surface area contributed by atoms with Crippen molar-refractivity contribution >= 4 is 20.2 Å². The van der Waals surface area contributed by atoms with Gasteiger partial charge in [-0.25, -0.2) is 0 Å². The minimum atomic E-state index is -4.29. The molecule has 0 aliphatic heterocycles. The third-order valence-corrected chi connectivity index (χ3v) is 7.60. The minimum Gasteiger partial charge on any atom is -0.508 e. The highest BCUT2D eigenvalue weighted by Crippen LogP contribution is 2.27. The molecule has 0 aliphatic rings. The Hall–Kier alpha value is -2.22. The molecule has 0 fully saturated rings. The summed E-state index contributed by atoms with van der Waals surface area (Å²) in [6.45, 7) is 1.50. The average Bonchev–Trinajstić information content (AvgIpc) is 2.72. The molecule has 172 valence electrons. The average molecular weight is 475 g/mol. The molecule has 0 saturated heterocycles. The van der Waals surface area contributed by atoms with Gasteiger partial charge in [-0.05, 0) is 37.1 Å². The molecule has 0 unspecified atom stereocenters. The maximum atomic E-state index is 12.6. The quantitative estimate of drug-likeness (QED) is 0.359. The van der Waals surface area contributed by atoms with Crippen molar-refractivity contribution in [3.05, 3.63) is 47.5 Å². The van der Waals surface area contributed by atoms with Crippen LogP contribution in [0.1, 0.15) is 11.1 Å². The molecule has 2 aromatic rings. The van der Waals surface area contributed by atoms with Gasteiger partial charge in [0.2, 0.25) is 0 Å². The molecule has 31 heavy (non-hydrogen) atoms. The Bertz CT molecular complexity index is 1060. The Labute approximate surface area is 181 Å². The number of hydrogen-bond donors (Lipinski definition) is 4. The summed E-state index contributed by atoms with van der Waals surface area (Å²) in [5, 5.41) is 19.2. The lowest BCUT2D eigenvalue weighted by atomic mass is 9.91. The molecule has 0 amide bonds. The molecular formula is C19H26N2O8S2. The van der Waals surface area contributed by atoms with Crippen molar-refractivity contribution in [3.63, 3.8) is 0 Å². The first-order valence-corrected chi connectivity index (χ1v) is 12.0. The lowest BCUT2D eigenvalue weighted by molar-refractivity contribution is 0.0989. The second kappa shape index (κ2) is 9.51. The normalized spacial score (nSPS) is 12.8. The van der Waals surface area contributed by atoms with Crippen LogP contribution in [-0.4, -0.2) is 53.4 Å². The fourth-order valence-electron chi connectivity index (χ4n) is 2.61. The first-order chi connectivity index (χ1) is 14.4. The lowest BCUT2D eigenvalue weighted by Crippen LogP contribution is -2.46. The zero-order chi connectivity index (χ0) is 23.4. The van der Waals surface area contributed by atoms with E-state index in [4.69, 9.17) is 19.8 Å². The Morgan fingerprint density at radius 3 is 1.45 bits per heavy atom. The van der Waals surface area contributed by atoms with Gasteiger partial charge < -0.3 is 21.7 Å².